The summed E-state index contributed by atoms with van der Waals surface area (Å²) in [6.07, 6.45) is 1.10. The number of nitrogens with zero attached hydrogens (tertiary/aromatic N) is 2. The van der Waals surface area contributed by atoms with Crippen LogP contribution in [0.2, 0.25) is 0 Å². The maximum atomic E-state index is 12.9. The van der Waals surface area contributed by atoms with Gasteiger partial charge in [0.2, 0.25) is 20.0 Å². The van der Waals surface area contributed by atoms with Crippen molar-refractivity contribution >= 4 is 43.1 Å². The Morgan fingerprint density at radius 2 is 1.42 bits per heavy atom. The van der Waals surface area contributed by atoms with Gasteiger partial charge in [0, 0.05) is 26.2 Å². The first-order valence-electron chi connectivity index (χ1n) is 9.15. The van der Waals surface area contributed by atoms with E-state index in [1.54, 1.807) is 23.0 Å². The van der Waals surface area contributed by atoms with E-state index in [-0.39, 0.29) is 49.5 Å². The summed E-state index contributed by atoms with van der Waals surface area (Å²) >= 11 is 1.78. The summed E-state index contributed by atoms with van der Waals surface area (Å²) in [6.45, 7) is 10.4. The Balaban J connectivity index is 3.21. The van der Waals surface area contributed by atoms with E-state index in [2.05, 4.69) is 0 Å². The summed E-state index contributed by atoms with van der Waals surface area (Å²) in [4.78, 5) is 0. The molecular formula is C16H33IN2O5S2. The summed E-state index contributed by atoms with van der Waals surface area (Å²) in [5.41, 5.74) is -0.872. The van der Waals surface area contributed by atoms with E-state index in [4.69, 9.17) is 3.07 Å². The molecule has 0 aromatic carbocycles. The lowest BCUT2D eigenvalue weighted by molar-refractivity contribution is 0.0460. The van der Waals surface area contributed by atoms with Gasteiger partial charge in [0.15, 0.2) is 0 Å². The highest BCUT2D eigenvalue weighted by Crippen LogP contribution is 2.32. The zero-order valence-electron chi connectivity index (χ0n) is 16.4. The fourth-order valence-corrected chi connectivity index (χ4v) is 7.05. The zero-order valence-corrected chi connectivity index (χ0v) is 20.2. The van der Waals surface area contributed by atoms with Gasteiger partial charge in [0.25, 0.3) is 0 Å². The minimum atomic E-state index is -3.47. The second kappa shape index (κ2) is 9.82. The molecule has 0 spiro atoms. The molecule has 0 aromatic heterocycles. The van der Waals surface area contributed by atoms with Crippen LogP contribution in [-0.4, -0.2) is 68.7 Å². The van der Waals surface area contributed by atoms with Crippen LogP contribution in [0.3, 0.4) is 0 Å². The van der Waals surface area contributed by atoms with Crippen molar-refractivity contribution in [3.8, 4) is 0 Å². The largest absolute Gasteiger partial charge is 0.306 e. The molecule has 1 heterocycles. The predicted molar refractivity (Wildman–Crippen MR) is 113 cm³/mol. The Bertz CT molecular complexity index is 652. The molecule has 0 N–H and O–H groups in total. The highest BCUT2D eigenvalue weighted by molar-refractivity contribution is 14.1. The van der Waals surface area contributed by atoms with E-state index < -0.39 is 25.6 Å². The Hall–Kier alpha value is 0.510. The molecule has 0 aromatic rings. The molecule has 1 unspecified atom stereocenters. The Morgan fingerprint density at radius 3 is 1.77 bits per heavy atom. The maximum absolute atomic E-state index is 12.9. The number of sulfonamides is 2. The van der Waals surface area contributed by atoms with Crippen LogP contribution in [0.4, 0.5) is 0 Å². The molecule has 0 bridgehead atoms. The summed E-state index contributed by atoms with van der Waals surface area (Å²) in [7, 11) is -6.91. The SMILES string of the molecule is CCCS(=O)(=O)N1CCN(S(=O)(=O)CCC(C)C)CC(OI)(C(C)C)C1. The van der Waals surface area contributed by atoms with E-state index in [1.807, 2.05) is 34.6 Å². The van der Waals surface area contributed by atoms with Crippen molar-refractivity contribution < 1.29 is 19.9 Å². The summed E-state index contributed by atoms with van der Waals surface area (Å²) in [6, 6.07) is 0. The summed E-state index contributed by atoms with van der Waals surface area (Å²) in [5, 5.41) is 0. The van der Waals surface area contributed by atoms with Crippen molar-refractivity contribution in [3.63, 3.8) is 0 Å². The quantitative estimate of drug-likeness (QED) is 0.433. The zero-order chi connectivity index (χ0) is 20.2. The minimum absolute atomic E-state index is 0.0420. The van der Waals surface area contributed by atoms with E-state index in [1.165, 1.54) is 8.61 Å². The van der Waals surface area contributed by atoms with Crippen molar-refractivity contribution in [1.29, 1.82) is 0 Å². The summed E-state index contributed by atoms with van der Waals surface area (Å²) < 4.78 is 59.5. The molecule has 7 nitrogen and oxygen atoms in total. The second-order valence-electron chi connectivity index (χ2n) is 7.78. The summed E-state index contributed by atoms with van der Waals surface area (Å²) in [5.74, 6) is 0.373. The van der Waals surface area contributed by atoms with Gasteiger partial charge in [0.05, 0.1) is 11.5 Å². The van der Waals surface area contributed by atoms with Crippen LogP contribution in [0.15, 0.2) is 0 Å². The average molecular weight is 524 g/mol. The normalized spacial score (nSPS) is 24.3. The molecule has 26 heavy (non-hydrogen) atoms. The molecule has 0 saturated carbocycles. The smallest absolute Gasteiger partial charge is 0.214 e. The van der Waals surface area contributed by atoms with Crippen LogP contribution in [0, 0.1) is 11.8 Å². The molecule has 10 heteroatoms. The van der Waals surface area contributed by atoms with Gasteiger partial charge in [-0.15, -0.1) is 0 Å². The van der Waals surface area contributed by atoms with Crippen molar-refractivity contribution in [3.05, 3.63) is 0 Å². The van der Waals surface area contributed by atoms with Gasteiger partial charge in [0.1, 0.15) is 28.6 Å². The van der Waals surface area contributed by atoms with Gasteiger partial charge in [-0.25, -0.2) is 16.8 Å². The van der Waals surface area contributed by atoms with E-state index in [0.29, 0.717) is 12.8 Å². The predicted octanol–water partition coefficient (Wildman–Crippen LogP) is 2.48. The highest BCUT2D eigenvalue weighted by atomic mass is 127. The third-order valence-electron chi connectivity index (χ3n) is 4.89. The molecule has 1 aliphatic heterocycles. The van der Waals surface area contributed by atoms with Crippen LogP contribution in [-0.2, 0) is 23.1 Å². The third kappa shape index (κ3) is 6.26. The standard InChI is InChI=1S/C16H33IN2O5S2/c1-6-10-25(20,21)18-8-9-19(26(22,23)11-7-14(2)3)13-16(12-18,24-17)15(4)5/h14-15H,6-13H2,1-5H3. The lowest BCUT2D eigenvalue weighted by Crippen LogP contribution is -2.53. The van der Waals surface area contributed by atoms with Gasteiger partial charge in [-0.05, 0) is 24.7 Å². The van der Waals surface area contributed by atoms with Gasteiger partial charge >= 0.3 is 0 Å². The van der Waals surface area contributed by atoms with Crippen LogP contribution in [0.1, 0.15) is 47.5 Å². The Morgan fingerprint density at radius 1 is 0.962 bits per heavy atom. The molecule has 156 valence electrons. The minimum Gasteiger partial charge on any atom is -0.306 e. The van der Waals surface area contributed by atoms with Crippen LogP contribution < -0.4 is 0 Å². The molecule has 1 rings (SSSR count). The van der Waals surface area contributed by atoms with Gasteiger partial charge < -0.3 is 3.07 Å². The first-order valence-corrected chi connectivity index (χ1v) is 13.3. The molecular weight excluding hydrogens is 491 g/mol. The van der Waals surface area contributed by atoms with Crippen molar-refractivity contribution in [2.75, 3.05) is 37.7 Å². The van der Waals surface area contributed by atoms with Crippen LogP contribution in [0.5, 0.6) is 0 Å². The fraction of sp³-hybridized carbons (Fsp3) is 1.00. The lowest BCUT2D eigenvalue weighted by atomic mass is 9.90. The lowest BCUT2D eigenvalue weighted by Gasteiger charge is -2.38. The fourth-order valence-electron chi connectivity index (χ4n) is 2.91. The van der Waals surface area contributed by atoms with Crippen LogP contribution >= 0.6 is 23.0 Å². The maximum Gasteiger partial charge on any atom is 0.214 e. The number of hydrogen-bond acceptors (Lipinski definition) is 5. The number of hydrogen-bond donors (Lipinski definition) is 0. The number of halogens is 1. The molecule has 0 radical (unpaired) electrons. The molecule has 1 saturated heterocycles. The topological polar surface area (TPSA) is 84.0 Å². The monoisotopic (exact) mass is 524 g/mol. The Kier molecular flexibility index (Phi) is 9.27. The van der Waals surface area contributed by atoms with Crippen molar-refractivity contribution in [1.82, 2.24) is 8.61 Å². The molecule has 1 fully saturated rings. The van der Waals surface area contributed by atoms with Gasteiger partial charge in [-0.2, -0.15) is 8.61 Å². The van der Waals surface area contributed by atoms with Crippen molar-refractivity contribution in [2.45, 2.75) is 53.1 Å². The van der Waals surface area contributed by atoms with E-state index in [9.17, 15) is 16.8 Å². The van der Waals surface area contributed by atoms with E-state index in [0.717, 1.165) is 0 Å². The van der Waals surface area contributed by atoms with Crippen LogP contribution in [0.25, 0.3) is 0 Å². The molecule has 1 aliphatic rings. The molecule has 0 amide bonds. The average Bonchev–Trinajstić information content (AvgIpc) is 2.75. The van der Waals surface area contributed by atoms with Crippen molar-refractivity contribution in [2.24, 2.45) is 11.8 Å². The third-order valence-corrected chi connectivity index (χ3v) is 9.64. The van der Waals surface area contributed by atoms with E-state index >= 15 is 0 Å². The van der Waals surface area contributed by atoms with Gasteiger partial charge in [-0.3, -0.25) is 0 Å². The first-order chi connectivity index (χ1) is 11.9. The molecule has 0 aliphatic carbocycles. The van der Waals surface area contributed by atoms with Gasteiger partial charge in [-0.1, -0.05) is 34.6 Å². The molecule has 1 atom stereocenters. The number of rotatable bonds is 9. The highest BCUT2D eigenvalue weighted by Gasteiger charge is 2.45. The Labute approximate surface area is 173 Å². The first kappa shape index (κ1) is 24.5. The second-order valence-corrected chi connectivity index (χ2v) is 12.4.